The predicted molar refractivity (Wildman–Crippen MR) is 225 cm³/mol. The summed E-state index contributed by atoms with van der Waals surface area (Å²) in [5.74, 6) is 0. The average molecular weight is 691 g/mol. The monoisotopic (exact) mass is 690 g/mol. The van der Waals surface area contributed by atoms with Crippen LogP contribution in [-0.2, 0) is 5.41 Å². The number of para-hydroxylation sites is 5. The van der Waals surface area contributed by atoms with E-state index in [0.29, 0.717) is 0 Å². The second-order valence-electron chi connectivity index (χ2n) is 15.3. The van der Waals surface area contributed by atoms with Gasteiger partial charge in [-0.1, -0.05) is 135 Å². The van der Waals surface area contributed by atoms with Gasteiger partial charge in [0.15, 0.2) is 0 Å². The van der Waals surface area contributed by atoms with Crippen LogP contribution in [0, 0.1) is 0 Å². The van der Waals surface area contributed by atoms with E-state index < -0.39 is 0 Å². The van der Waals surface area contributed by atoms with E-state index >= 15 is 0 Å². The summed E-state index contributed by atoms with van der Waals surface area (Å²) < 4.78 is 11.5. The maximum absolute atomic E-state index is 6.48. The van der Waals surface area contributed by atoms with Crippen molar-refractivity contribution >= 4 is 65.6 Å². The maximum atomic E-state index is 6.48. The van der Waals surface area contributed by atoms with Crippen LogP contribution in [0.15, 0.2) is 174 Å². The Bertz CT molecular complexity index is 3350. The van der Waals surface area contributed by atoms with Gasteiger partial charge in [-0.25, -0.2) is 0 Å². The molecule has 254 valence electrons. The van der Waals surface area contributed by atoms with E-state index in [9.17, 15) is 0 Å². The molecule has 0 N–H and O–H groups in total. The molecular weight excluding hydrogens is 657 g/mol. The van der Waals surface area contributed by atoms with E-state index in [0.717, 1.165) is 33.2 Å². The number of benzene rings is 8. The Balaban J connectivity index is 1.09. The van der Waals surface area contributed by atoms with E-state index in [1.54, 1.807) is 0 Å². The third-order valence-corrected chi connectivity index (χ3v) is 12.1. The molecule has 0 saturated carbocycles. The predicted octanol–water partition coefficient (Wildman–Crippen LogP) is 13.8. The van der Waals surface area contributed by atoms with Crippen LogP contribution < -0.4 is 0 Å². The van der Waals surface area contributed by atoms with Gasteiger partial charge in [0.05, 0.1) is 22.1 Å². The average Bonchev–Trinajstić information content (AvgIpc) is 3.93. The lowest BCUT2D eigenvalue weighted by molar-refractivity contribution is 0.659. The summed E-state index contributed by atoms with van der Waals surface area (Å²) in [7, 11) is 0. The quantitative estimate of drug-likeness (QED) is 0.181. The van der Waals surface area contributed by atoms with Gasteiger partial charge in [0.2, 0.25) is 0 Å². The summed E-state index contributed by atoms with van der Waals surface area (Å²) >= 11 is 0. The summed E-state index contributed by atoms with van der Waals surface area (Å²) in [6.45, 7) is 4.76. The first kappa shape index (κ1) is 29.7. The van der Waals surface area contributed by atoms with Gasteiger partial charge in [0.1, 0.15) is 11.2 Å². The summed E-state index contributed by atoms with van der Waals surface area (Å²) in [5, 5.41) is 7.34. The van der Waals surface area contributed by atoms with Crippen LogP contribution in [0.1, 0.15) is 25.0 Å². The van der Waals surface area contributed by atoms with Crippen LogP contribution in [-0.4, -0.2) is 9.13 Å². The van der Waals surface area contributed by atoms with Crippen molar-refractivity contribution in [3.8, 4) is 33.6 Å². The fraction of sp³-hybridized carbons (Fsp3) is 0.0588. The van der Waals surface area contributed by atoms with Crippen LogP contribution in [0.3, 0.4) is 0 Å². The van der Waals surface area contributed by atoms with Gasteiger partial charge in [-0.05, 0) is 76.3 Å². The molecule has 1 aliphatic rings. The third-order valence-electron chi connectivity index (χ3n) is 12.1. The highest BCUT2D eigenvalue weighted by Gasteiger charge is 2.36. The second kappa shape index (κ2) is 10.6. The minimum Gasteiger partial charge on any atom is -0.455 e. The molecule has 0 spiro atoms. The van der Waals surface area contributed by atoms with E-state index in [1.165, 1.54) is 77.1 Å². The maximum Gasteiger partial charge on any atom is 0.143 e. The van der Waals surface area contributed by atoms with Gasteiger partial charge >= 0.3 is 0 Å². The minimum absolute atomic E-state index is 0.217. The topological polar surface area (TPSA) is 23.0 Å². The van der Waals surface area contributed by atoms with Crippen molar-refractivity contribution < 1.29 is 4.42 Å². The molecule has 0 fully saturated rings. The van der Waals surface area contributed by atoms with Crippen molar-refractivity contribution in [2.24, 2.45) is 0 Å². The van der Waals surface area contributed by atoms with E-state index in [2.05, 4.69) is 187 Å². The molecule has 3 aromatic heterocycles. The molecule has 0 atom stereocenters. The van der Waals surface area contributed by atoms with Gasteiger partial charge in [-0.3, -0.25) is 0 Å². The zero-order chi connectivity index (χ0) is 35.7. The van der Waals surface area contributed by atoms with E-state index in [-0.39, 0.29) is 5.41 Å². The Hall–Kier alpha value is -6.84. The molecule has 12 rings (SSSR count). The Kier molecular flexibility index (Phi) is 5.84. The molecule has 0 radical (unpaired) electrons. The summed E-state index contributed by atoms with van der Waals surface area (Å²) in [6.07, 6.45) is 0. The molecular formula is C51H34N2O. The normalized spacial score (nSPS) is 13.5. The van der Waals surface area contributed by atoms with Crippen LogP contribution >= 0.6 is 0 Å². The SMILES string of the molecule is CC1(C)c2cc(-c3cccc4c3oc3ccccc34)ccc2-c2ccc(-n3c4ccccc4c4ccc5c6ccccc6n(-c6ccccc6)c5c43)cc21. The Morgan fingerprint density at radius 2 is 0.981 bits per heavy atom. The zero-order valence-corrected chi connectivity index (χ0v) is 30.0. The molecule has 0 aliphatic heterocycles. The molecule has 54 heavy (non-hydrogen) atoms. The summed E-state index contributed by atoms with van der Waals surface area (Å²) in [5.41, 5.74) is 16.4. The first-order chi connectivity index (χ1) is 26.6. The van der Waals surface area contributed by atoms with Crippen molar-refractivity contribution in [1.29, 1.82) is 0 Å². The number of aromatic nitrogens is 2. The first-order valence-corrected chi connectivity index (χ1v) is 18.8. The van der Waals surface area contributed by atoms with Crippen molar-refractivity contribution in [1.82, 2.24) is 9.13 Å². The molecule has 0 unspecified atom stereocenters. The standard InChI is InChI=1S/C51H34N2O/c1-51(2)43-29-31(34-18-12-19-42-39-17-8-11-22-47(39)54-50(34)42)23-25-35(43)36-26-24-33(30-44(36)51)53-46-21-10-7-16-38(46)41-28-27-40-37-15-6-9-20-45(37)52(48(40)49(41)53)32-13-4-3-5-14-32/h3-30H,1-2H3. The molecule has 3 heteroatoms. The number of hydrogen-bond acceptors (Lipinski definition) is 1. The fourth-order valence-electron chi connectivity index (χ4n) is 9.62. The Labute approximate surface area is 311 Å². The van der Waals surface area contributed by atoms with Crippen LogP contribution in [0.5, 0.6) is 0 Å². The van der Waals surface area contributed by atoms with Crippen LogP contribution in [0.2, 0.25) is 0 Å². The van der Waals surface area contributed by atoms with Gasteiger partial charge < -0.3 is 13.6 Å². The molecule has 8 aromatic carbocycles. The van der Waals surface area contributed by atoms with Crippen LogP contribution in [0.25, 0.3) is 99.2 Å². The van der Waals surface area contributed by atoms with Crippen LogP contribution in [0.4, 0.5) is 0 Å². The lowest BCUT2D eigenvalue weighted by Crippen LogP contribution is -2.15. The number of rotatable bonds is 3. The van der Waals surface area contributed by atoms with Gasteiger partial charge in [-0.15, -0.1) is 0 Å². The van der Waals surface area contributed by atoms with E-state index in [4.69, 9.17) is 4.42 Å². The molecule has 3 heterocycles. The molecule has 0 amide bonds. The zero-order valence-electron chi connectivity index (χ0n) is 30.0. The Morgan fingerprint density at radius 1 is 0.407 bits per heavy atom. The van der Waals surface area contributed by atoms with Crippen molar-refractivity contribution in [3.05, 3.63) is 181 Å². The number of hydrogen-bond donors (Lipinski definition) is 0. The largest absolute Gasteiger partial charge is 0.455 e. The lowest BCUT2D eigenvalue weighted by Gasteiger charge is -2.23. The Morgan fingerprint density at radius 3 is 1.70 bits per heavy atom. The van der Waals surface area contributed by atoms with Gasteiger partial charge in [0.25, 0.3) is 0 Å². The minimum atomic E-state index is -0.217. The smallest absolute Gasteiger partial charge is 0.143 e. The van der Waals surface area contributed by atoms with Gasteiger partial charge in [-0.2, -0.15) is 0 Å². The molecule has 1 aliphatic carbocycles. The fourth-order valence-corrected chi connectivity index (χ4v) is 9.62. The second-order valence-corrected chi connectivity index (χ2v) is 15.3. The van der Waals surface area contributed by atoms with E-state index in [1.807, 2.05) is 6.07 Å². The highest BCUT2D eigenvalue weighted by Crippen LogP contribution is 2.51. The van der Waals surface area contributed by atoms with Crippen molar-refractivity contribution in [2.75, 3.05) is 0 Å². The van der Waals surface area contributed by atoms with Gasteiger partial charge in [0, 0.05) is 54.7 Å². The highest BCUT2D eigenvalue weighted by molar-refractivity contribution is 6.24. The highest BCUT2D eigenvalue weighted by atomic mass is 16.3. The first-order valence-electron chi connectivity index (χ1n) is 18.8. The number of furan rings is 1. The molecule has 11 aromatic rings. The number of nitrogens with zero attached hydrogens (tertiary/aromatic N) is 2. The number of fused-ring (bicyclic) bond motifs is 13. The summed E-state index contributed by atoms with van der Waals surface area (Å²) in [6, 6.07) is 62.1. The van der Waals surface area contributed by atoms with Crippen molar-refractivity contribution in [2.45, 2.75) is 19.3 Å². The lowest BCUT2D eigenvalue weighted by atomic mass is 9.81. The third kappa shape index (κ3) is 3.85. The molecule has 0 bridgehead atoms. The van der Waals surface area contributed by atoms with Crippen molar-refractivity contribution in [3.63, 3.8) is 0 Å². The molecule has 0 saturated heterocycles. The molecule has 3 nitrogen and oxygen atoms in total. The summed E-state index contributed by atoms with van der Waals surface area (Å²) in [4.78, 5) is 0.